The van der Waals surface area contributed by atoms with Crippen molar-refractivity contribution in [3.8, 4) is 0 Å². The SMILES string of the molecule is NC(=O)c1c(CCc2cccc(F)c2)sc2c1CCOC2. The maximum absolute atomic E-state index is 13.2. The van der Waals surface area contributed by atoms with Gasteiger partial charge >= 0.3 is 0 Å². The summed E-state index contributed by atoms with van der Waals surface area (Å²) in [6.45, 7) is 1.19. The third-order valence-corrected chi connectivity index (χ3v) is 4.93. The molecule has 0 fully saturated rings. The van der Waals surface area contributed by atoms with Crippen LogP contribution in [0.3, 0.4) is 0 Å². The summed E-state index contributed by atoms with van der Waals surface area (Å²) in [6.07, 6.45) is 2.13. The first-order valence-electron chi connectivity index (χ1n) is 6.90. The molecule has 0 spiro atoms. The van der Waals surface area contributed by atoms with Gasteiger partial charge in [-0.3, -0.25) is 4.79 Å². The van der Waals surface area contributed by atoms with Crippen LogP contribution in [0.2, 0.25) is 0 Å². The summed E-state index contributed by atoms with van der Waals surface area (Å²) >= 11 is 1.59. The van der Waals surface area contributed by atoms with Crippen molar-refractivity contribution < 1.29 is 13.9 Å². The minimum atomic E-state index is -0.372. The number of benzene rings is 1. The fourth-order valence-corrected chi connectivity index (χ4v) is 4.00. The fraction of sp³-hybridized carbons (Fsp3) is 0.312. The maximum Gasteiger partial charge on any atom is 0.250 e. The number of carbonyl (C=O) groups is 1. The second-order valence-corrected chi connectivity index (χ2v) is 6.29. The fourth-order valence-electron chi connectivity index (χ4n) is 2.70. The number of hydrogen-bond donors (Lipinski definition) is 1. The highest BCUT2D eigenvalue weighted by Gasteiger charge is 2.23. The molecule has 2 aromatic rings. The van der Waals surface area contributed by atoms with Crippen LogP contribution in [-0.2, 0) is 30.6 Å². The first-order chi connectivity index (χ1) is 10.1. The quantitative estimate of drug-likeness (QED) is 0.944. The van der Waals surface area contributed by atoms with Gasteiger partial charge in [-0.25, -0.2) is 4.39 Å². The number of rotatable bonds is 4. The molecule has 0 saturated carbocycles. The normalized spacial score (nSPS) is 14.0. The van der Waals surface area contributed by atoms with Crippen molar-refractivity contribution in [2.75, 3.05) is 6.61 Å². The summed E-state index contributed by atoms with van der Waals surface area (Å²) in [7, 11) is 0. The van der Waals surface area contributed by atoms with Gasteiger partial charge in [-0.1, -0.05) is 12.1 Å². The van der Waals surface area contributed by atoms with Gasteiger partial charge in [-0.05, 0) is 42.5 Å². The maximum atomic E-state index is 13.2. The molecule has 1 aromatic carbocycles. The second-order valence-electron chi connectivity index (χ2n) is 5.10. The monoisotopic (exact) mass is 305 g/mol. The first-order valence-corrected chi connectivity index (χ1v) is 7.72. The molecule has 0 aliphatic carbocycles. The molecule has 0 unspecified atom stereocenters. The summed E-state index contributed by atoms with van der Waals surface area (Å²) in [5.74, 6) is -0.606. The molecular weight excluding hydrogens is 289 g/mol. The van der Waals surface area contributed by atoms with E-state index in [1.54, 1.807) is 17.4 Å². The van der Waals surface area contributed by atoms with Crippen LogP contribution in [0.15, 0.2) is 24.3 Å². The molecule has 110 valence electrons. The molecule has 3 nitrogen and oxygen atoms in total. The van der Waals surface area contributed by atoms with E-state index in [0.29, 0.717) is 31.6 Å². The molecule has 2 N–H and O–H groups in total. The Hall–Kier alpha value is -1.72. The van der Waals surface area contributed by atoms with Crippen molar-refractivity contribution in [3.63, 3.8) is 0 Å². The van der Waals surface area contributed by atoms with Crippen molar-refractivity contribution in [3.05, 3.63) is 56.5 Å². The zero-order valence-electron chi connectivity index (χ0n) is 11.5. The van der Waals surface area contributed by atoms with Gasteiger partial charge in [0.1, 0.15) is 5.82 Å². The summed E-state index contributed by atoms with van der Waals surface area (Å²) in [5, 5.41) is 0. The van der Waals surface area contributed by atoms with Crippen molar-refractivity contribution in [1.82, 2.24) is 0 Å². The van der Waals surface area contributed by atoms with Crippen LogP contribution in [0.25, 0.3) is 0 Å². The molecule has 21 heavy (non-hydrogen) atoms. The smallest absolute Gasteiger partial charge is 0.250 e. The van der Waals surface area contributed by atoms with E-state index in [1.807, 2.05) is 6.07 Å². The lowest BCUT2D eigenvalue weighted by Gasteiger charge is -2.12. The predicted octanol–water partition coefficient (Wildman–Crippen LogP) is 2.84. The standard InChI is InChI=1S/C16H16FNO2S/c17-11-3-1-2-10(8-11)4-5-13-15(16(18)19)12-6-7-20-9-14(12)21-13/h1-3,8H,4-7,9H2,(H2,18,19). The van der Waals surface area contributed by atoms with E-state index in [2.05, 4.69) is 0 Å². The molecule has 0 atom stereocenters. The van der Waals surface area contributed by atoms with Gasteiger partial charge in [-0.15, -0.1) is 11.3 Å². The van der Waals surface area contributed by atoms with Crippen LogP contribution in [0.4, 0.5) is 4.39 Å². The van der Waals surface area contributed by atoms with Crippen LogP contribution in [0.1, 0.15) is 31.2 Å². The molecule has 0 radical (unpaired) electrons. The van der Waals surface area contributed by atoms with Crippen molar-refractivity contribution in [1.29, 1.82) is 0 Å². The number of amides is 1. The third-order valence-electron chi connectivity index (χ3n) is 3.67. The Balaban J connectivity index is 1.85. The Morgan fingerprint density at radius 2 is 2.24 bits per heavy atom. The van der Waals surface area contributed by atoms with Gasteiger partial charge < -0.3 is 10.5 Å². The molecule has 1 aliphatic rings. The zero-order valence-corrected chi connectivity index (χ0v) is 12.3. The summed E-state index contributed by atoms with van der Waals surface area (Å²) < 4.78 is 18.6. The molecule has 3 rings (SSSR count). The highest BCUT2D eigenvalue weighted by Crippen LogP contribution is 2.33. The van der Waals surface area contributed by atoms with E-state index < -0.39 is 0 Å². The van der Waals surface area contributed by atoms with Crippen LogP contribution < -0.4 is 5.73 Å². The molecule has 0 saturated heterocycles. The van der Waals surface area contributed by atoms with Gasteiger partial charge in [0.25, 0.3) is 0 Å². The lowest BCUT2D eigenvalue weighted by Crippen LogP contribution is -2.17. The molecule has 5 heteroatoms. The Morgan fingerprint density at radius 3 is 3.00 bits per heavy atom. The van der Waals surface area contributed by atoms with Crippen molar-refractivity contribution >= 4 is 17.2 Å². The van der Waals surface area contributed by atoms with Crippen LogP contribution >= 0.6 is 11.3 Å². The number of carbonyl (C=O) groups excluding carboxylic acids is 1. The van der Waals surface area contributed by atoms with Gasteiger partial charge in [0.2, 0.25) is 5.91 Å². The molecule has 1 aromatic heterocycles. The highest BCUT2D eigenvalue weighted by atomic mass is 32.1. The van der Waals surface area contributed by atoms with Crippen LogP contribution in [0, 0.1) is 5.82 Å². The number of thiophene rings is 1. The number of hydrogen-bond acceptors (Lipinski definition) is 3. The lowest BCUT2D eigenvalue weighted by atomic mass is 10.0. The van der Waals surface area contributed by atoms with Crippen molar-refractivity contribution in [2.24, 2.45) is 5.73 Å². The van der Waals surface area contributed by atoms with Gasteiger partial charge in [0, 0.05) is 9.75 Å². The highest BCUT2D eigenvalue weighted by molar-refractivity contribution is 7.12. The summed E-state index contributed by atoms with van der Waals surface area (Å²) in [6, 6.07) is 6.55. The van der Waals surface area contributed by atoms with E-state index in [-0.39, 0.29) is 11.7 Å². The number of primary amides is 1. The number of fused-ring (bicyclic) bond motifs is 1. The van der Waals surface area contributed by atoms with Crippen LogP contribution in [-0.4, -0.2) is 12.5 Å². The average Bonchev–Trinajstić information content (AvgIpc) is 2.83. The number of ether oxygens (including phenoxy) is 1. The minimum Gasteiger partial charge on any atom is -0.376 e. The largest absolute Gasteiger partial charge is 0.376 e. The van der Waals surface area contributed by atoms with E-state index in [4.69, 9.17) is 10.5 Å². The van der Waals surface area contributed by atoms with E-state index in [9.17, 15) is 9.18 Å². The van der Waals surface area contributed by atoms with E-state index in [0.717, 1.165) is 27.3 Å². The molecule has 0 bridgehead atoms. The Kier molecular flexibility index (Phi) is 4.03. The molecule has 1 amide bonds. The number of halogens is 1. The topological polar surface area (TPSA) is 52.3 Å². The minimum absolute atomic E-state index is 0.235. The van der Waals surface area contributed by atoms with Crippen LogP contribution in [0.5, 0.6) is 0 Å². The third kappa shape index (κ3) is 2.99. The first kappa shape index (κ1) is 14.2. The Labute approximate surface area is 126 Å². The molecule has 2 heterocycles. The molecule has 1 aliphatic heterocycles. The zero-order chi connectivity index (χ0) is 14.8. The van der Waals surface area contributed by atoms with Gasteiger partial charge in [0.15, 0.2) is 0 Å². The van der Waals surface area contributed by atoms with Gasteiger partial charge in [-0.2, -0.15) is 0 Å². The Bertz CT molecular complexity index is 681. The van der Waals surface area contributed by atoms with Crippen molar-refractivity contribution in [2.45, 2.75) is 25.9 Å². The Morgan fingerprint density at radius 1 is 1.38 bits per heavy atom. The van der Waals surface area contributed by atoms with Gasteiger partial charge in [0.05, 0.1) is 18.8 Å². The van der Waals surface area contributed by atoms with E-state index >= 15 is 0 Å². The van der Waals surface area contributed by atoms with E-state index in [1.165, 1.54) is 12.1 Å². The molecular formula is C16H16FNO2S. The average molecular weight is 305 g/mol. The second kappa shape index (κ2) is 5.95. The predicted molar refractivity (Wildman–Crippen MR) is 80.0 cm³/mol. The number of nitrogens with two attached hydrogens (primary N) is 1. The summed E-state index contributed by atoms with van der Waals surface area (Å²) in [5.41, 5.74) is 8.18. The number of aryl methyl sites for hydroxylation is 2. The lowest BCUT2D eigenvalue weighted by molar-refractivity contribution is 0.0989. The summed E-state index contributed by atoms with van der Waals surface area (Å²) in [4.78, 5) is 13.8.